The number of rotatable bonds is 2. The summed E-state index contributed by atoms with van der Waals surface area (Å²) < 4.78 is 38.8. The number of benzene rings is 2. The van der Waals surface area contributed by atoms with Gasteiger partial charge in [0.15, 0.2) is 0 Å². The van der Waals surface area contributed by atoms with E-state index in [-0.39, 0.29) is 11.1 Å². The highest BCUT2D eigenvalue weighted by molar-refractivity contribution is 6.00. The van der Waals surface area contributed by atoms with Crippen LogP contribution in [-0.2, 0) is 6.18 Å². The van der Waals surface area contributed by atoms with E-state index in [0.717, 1.165) is 23.8 Å². The number of nitrogens with zero attached hydrogens (tertiary/aromatic N) is 2. The number of amides is 1. The van der Waals surface area contributed by atoms with Gasteiger partial charge in [-0.25, -0.2) is 0 Å². The molecule has 3 nitrogen and oxygen atoms in total. The van der Waals surface area contributed by atoms with Crippen LogP contribution in [-0.4, -0.2) is 10.8 Å². The first-order valence-electron chi connectivity index (χ1n) is 7.33. The monoisotopic (exact) mass is 330 g/mol. The van der Waals surface area contributed by atoms with Crippen LogP contribution in [0.4, 0.5) is 13.2 Å². The molecule has 0 saturated heterocycles. The van der Waals surface area contributed by atoms with Crippen molar-refractivity contribution in [2.75, 3.05) is 0 Å². The van der Waals surface area contributed by atoms with E-state index in [1.54, 1.807) is 6.92 Å². The summed E-state index contributed by atoms with van der Waals surface area (Å²) in [5.74, 6) is -0.429. The van der Waals surface area contributed by atoms with E-state index < -0.39 is 29.7 Å². The molecule has 0 aliphatic carbocycles. The molecule has 3 rings (SSSR count). The maximum Gasteiger partial charge on any atom is 0.416 e. The topological polar surface area (TPSA) is 44.1 Å². The lowest BCUT2D eigenvalue weighted by molar-refractivity contribution is -0.137. The van der Waals surface area contributed by atoms with Gasteiger partial charge in [0, 0.05) is 11.1 Å². The van der Waals surface area contributed by atoms with Crippen molar-refractivity contribution < 1.29 is 18.0 Å². The molecule has 2 atom stereocenters. The summed E-state index contributed by atoms with van der Waals surface area (Å²) in [6, 6.07) is 12.5. The summed E-state index contributed by atoms with van der Waals surface area (Å²) >= 11 is 0. The van der Waals surface area contributed by atoms with Gasteiger partial charge in [-0.15, -0.1) is 0 Å². The zero-order valence-corrected chi connectivity index (χ0v) is 12.7. The average Bonchev–Trinajstić information content (AvgIpc) is 2.86. The van der Waals surface area contributed by atoms with Gasteiger partial charge in [-0.1, -0.05) is 30.3 Å². The van der Waals surface area contributed by atoms with Crippen LogP contribution in [0.15, 0.2) is 48.5 Å². The van der Waals surface area contributed by atoms with Crippen LogP contribution in [0.3, 0.4) is 0 Å². The fourth-order valence-electron chi connectivity index (χ4n) is 2.99. The Bertz CT molecular complexity index is 824. The summed E-state index contributed by atoms with van der Waals surface area (Å²) in [5.41, 5.74) is 0.218. The summed E-state index contributed by atoms with van der Waals surface area (Å²) in [4.78, 5) is 14.0. The first-order chi connectivity index (χ1) is 11.3. The maximum absolute atomic E-state index is 12.9. The van der Waals surface area contributed by atoms with Gasteiger partial charge < -0.3 is 4.90 Å². The molecular weight excluding hydrogens is 317 g/mol. The molecule has 1 aliphatic rings. The molecule has 0 radical (unpaired) electrons. The molecule has 2 aromatic rings. The Morgan fingerprint density at radius 2 is 1.83 bits per heavy atom. The van der Waals surface area contributed by atoms with Crippen LogP contribution < -0.4 is 0 Å². The van der Waals surface area contributed by atoms with E-state index in [4.69, 9.17) is 0 Å². The molecule has 0 spiro atoms. The van der Waals surface area contributed by atoms with Gasteiger partial charge in [0.2, 0.25) is 0 Å². The van der Waals surface area contributed by atoms with Gasteiger partial charge in [-0.3, -0.25) is 4.79 Å². The van der Waals surface area contributed by atoms with E-state index in [1.807, 2.05) is 36.4 Å². The minimum Gasteiger partial charge on any atom is -0.312 e. The average molecular weight is 330 g/mol. The summed E-state index contributed by atoms with van der Waals surface area (Å²) in [6.07, 6.45) is -4.52. The van der Waals surface area contributed by atoms with E-state index in [1.165, 1.54) is 4.90 Å². The number of halogens is 3. The molecule has 2 aromatic carbocycles. The van der Waals surface area contributed by atoms with Crippen molar-refractivity contribution in [3.8, 4) is 6.07 Å². The molecule has 0 aromatic heterocycles. The zero-order valence-electron chi connectivity index (χ0n) is 12.7. The van der Waals surface area contributed by atoms with E-state index in [9.17, 15) is 23.2 Å². The molecule has 1 amide bonds. The van der Waals surface area contributed by atoms with Gasteiger partial charge in [-0.2, -0.15) is 18.4 Å². The van der Waals surface area contributed by atoms with Crippen LogP contribution in [0.25, 0.3) is 0 Å². The van der Waals surface area contributed by atoms with Crippen molar-refractivity contribution in [1.29, 1.82) is 5.26 Å². The van der Waals surface area contributed by atoms with E-state index in [0.29, 0.717) is 0 Å². The predicted molar refractivity (Wildman–Crippen MR) is 80.8 cm³/mol. The zero-order chi connectivity index (χ0) is 17.5. The minimum absolute atomic E-state index is 0.111. The minimum atomic E-state index is -4.52. The Hall–Kier alpha value is -2.81. The Labute approximate surface area is 136 Å². The van der Waals surface area contributed by atoms with Crippen molar-refractivity contribution in [2.45, 2.75) is 25.2 Å². The summed E-state index contributed by atoms with van der Waals surface area (Å²) in [6.45, 7) is 1.76. The third-order valence-electron chi connectivity index (χ3n) is 4.24. The number of fused-ring (bicyclic) bond motifs is 1. The Kier molecular flexibility index (Phi) is 3.80. The van der Waals surface area contributed by atoms with Crippen LogP contribution in [0.5, 0.6) is 0 Å². The van der Waals surface area contributed by atoms with E-state index in [2.05, 4.69) is 0 Å². The molecule has 24 heavy (non-hydrogen) atoms. The van der Waals surface area contributed by atoms with Crippen molar-refractivity contribution in [1.82, 2.24) is 4.90 Å². The fraction of sp³-hybridized carbons (Fsp3) is 0.222. The number of alkyl halides is 3. The molecule has 1 heterocycles. The van der Waals surface area contributed by atoms with E-state index >= 15 is 0 Å². The van der Waals surface area contributed by atoms with Crippen LogP contribution >= 0.6 is 0 Å². The highest BCUT2D eigenvalue weighted by atomic mass is 19.4. The quantitative estimate of drug-likeness (QED) is 0.814. The van der Waals surface area contributed by atoms with Crippen LogP contribution in [0.2, 0.25) is 0 Å². The number of hydrogen-bond donors (Lipinski definition) is 0. The highest BCUT2D eigenvalue weighted by Gasteiger charge is 2.42. The second-order valence-corrected chi connectivity index (χ2v) is 5.63. The summed E-state index contributed by atoms with van der Waals surface area (Å²) in [5, 5.41) is 9.47. The third kappa shape index (κ3) is 2.52. The number of carbonyl (C=O) groups is 1. The van der Waals surface area contributed by atoms with Crippen molar-refractivity contribution in [3.63, 3.8) is 0 Å². The number of nitriles is 1. The SMILES string of the molecule is CC(c1ccccc1)N1C(=O)c2ccc(C(F)(F)F)cc2C1C#N. The fourth-order valence-corrected chi connectivity index (χ4v) is 2.99. The summed E-state index contributed by atoms with van der Waals surface area (Å²) in [7, 11) is 0. The van der Waals surface area contributed by atoms with Crippen molar-refractivity contribution in [3.05, 3.63) is 70.8 Å². The van der Waals surface area contributed by atoms with Crippen molar-refractivity contribution >= 4 is 5.91 Å². The molecule has 6 heteroatoms. The highest BCUT2D eigenvalue weighted by Crippen LogP contribution is 2.41. The Balaban J connectivity index is 2.05. The molecule has 0 N–H and O–H groups in total. The van der Waals surface area contributed by atoms with Gasteiger partial charge in [0.05, 0.1) is 17.7 Å². The van der Waals surface area contributed by atoms with Gasteiger partial charge in [-0.05, 0) is 30.7 Å². The molecule has 0 bridgehead atoms. The predicted octanol–water partition coefficient (Wildman–Crippen LogP) is 4.49. The normalized spacial score (nSPS) is 18.2. The lowest BCUT2D eigenvalue weighted by atomic mass is 10.0. The Morgan fingerprint density at radius 3 is 2.42 bits per heavy atom. The smallest absolute Gasteiger partial charge is 0.312 e. The number of hydrogen-bond acceptors (Lipinski definition) is 2. The third-order valence-corrected chi connectivity index (χ3v) is 4.24. The first kappa shape index (κ1) is 16.1. The molecule has 122 valence electrons. The second kappa shape index (κ2) is 5.68. The number of carbonyl (C=O) groups excluding carboxylic acids is 1. The standard InChI is InChI=1S/C18H13F3N2O/c1-11(12-5-3-2-4-6-12)23-16(10-22)15-9-13(18(19,20)21)7-8-14(15)17(23)24/h2-9,11,16H,1H3. The lowest BCUT2D eigenvalue weighted by Gasteiger charge is -2.28. The molecule has 0 saturated carbocycles. The maximum atomic E-state index is 12.9. The Morgan fingerprint density at radius 1 is 1.17 bits per heavy atom. The molecule has 0 fully saturated rings. The van der Waals surface area contributed by atoms with Crippen molar-refractivity contribution in [2.24, 2.45) is 0 Å². The van der Waals surface area contributed by atoms with Gasteiger partial charge in [0.25, 0.3) is 5.91 Å². The lowest BCUT2D eigenvalue weighted by Crippen LogP contribution is -2.30. The first-order valence-corrected chi connectivity index (χ1v) is 7.33. The molecule has 2 unspecified atom stereocenters. The van der Waals surface area contributed by atoms with Gasteiger partial charge >= 0.3 is 6.18 Å². The largest absolute Gasteiger partial charge is 0.416 e. The van der Waals surface area contributed by atoms with Gasteiger partial charge in [0.1, 0.15) is 6.04 Å². The molecular formula is C18H13F3N2O. The van der Waals surface area contributed by atoms with Crippen LogP contribution in [0.1, 0.15) is 46.1 Å². The molecule has 1 aliphatic heterocycles. The second-order valence-electron chi connectivity index (χ2n) is 5.63. The van der Waals surface area contributed by atoms with Crippen LogP contribution in [0, 0.1) is 11.3 Å².